The van der Waals surface area contributed by atoms with Crippen LogP contribution in [0.4, 0.5) is 10.1 Å². The maximum atomic E-state index is 14.8. The van der Waals surface area contributed by atoms with Crippen molar-refractivity contribution in [3.63, 3.8) is 0 Å². The van der Waals surface area contributed by atoms with E-state index in [0.29, 0.717) is 56.3 Å². The summed E-state index contributed by atoms with van der Waals surface area (Å²) in [5.74, 6) is -0.241. The molecule has 9 nitrogen and oxygen atoms in total. The fraction of sp³-hybridized carbons (Fsp3) is 0.474. The van der Waals surface area contributed by atoms with Gasteiger partial charge in [0.25, 0.3) is 5.17 Å². The number of carbonyl (C=O) groups excluding carboxylic acids is 1. The maximum absolute atomic E-state index is 14.8. The van der Waals surface area contributed by atoms with E-state index < -0.39 is 0 Å². The lowest BCUT2D eigenvalue weighted by molar-refractivity contribution is -0.132. The van der Waals surface area contributed by atoms with Crippen LogP contribution in [0.1, 0.15) is 5.69 Å². The number of ether oxygens (including phenoxy) is 1. The van der Waals surface area contributed by atoms with Gasteiger partial charge in [-0.25, -0.2) is 9.07 Å². The molecule has 0 saturated carbocycles. The minimum atomic E-state index is -0.337. The van der Waals surface area contributed by atoms with E-state index >= 15 is 0 Å². The number of hydrogen-bond acceptors (Lipinski definition) is 7. The predicted octanol–water partition coefficient (Wildman–Crippen LogP) is 0.638. The second-order valence-corrected chi connectivity index (χ2v) is 7.61. The molecule has 0 atom stereocenters. The Morgan fingerprint density at radius 3 is 2.67 bits per heavy atom. The summed E-state index contributed by atoms with van der Waals surface area (Å²) in [6, 6.07) is 4.97. The first-order chi connectivity index (χ1) is 14.4. The van der Waals surface area contributed by atoms with Crippen LogP contribution in [0.5, 0.6) is 0 Å². The van der Waals surface area contributed by atoms with E-state index in [1.165, 1.54) is 17.9 Å². The van der Waals surface area contributed by atoms with Gasteiger partial charge in [-0.05, 0) is 38.4 Å². The van der Waals surface area contributed by atoms with Gasteiger partial charge in [0.05, 0.1) is 37.8 Å². The maximum Gasteiger partial charge on any atom is 0.256 e. The summed E-state index contributed by atoms with van der Waals surface area (Å²) in [7, 11) is 5.22. The molecule has 3 rings (SSSR count). The molecule has 1 fully saturated rings. The summed E-state index contributed by atoms with van der Waals surface area (Å²) in [4.78, 5) is 17.8. The van der Waals surface area contributed by atoms with Crippen LogP contribution in [-0.4, -0.2) is 89.8 Å². The molecule has 0 unspecified atom stereocenters. The van der Waals surface area contributed by atoms with Crippen LogP contribution in [0.3, 0.4) is 0 Å². The lowest BCUT2D eigenvalue weighted by Crippen LogP contribution is -2.51. The second kappa shape index (κ2) is 9.81. The van der Waals surface area contributed by atoms with Gasteiger partial charge in [0, 0.05) is 32.2 Å². The van der Waals surface area contributed by atoms with Gasteiger partial charge in [0.15, 0.2) is 0 Å². The molecule has 11 heteroatoms. The Hall–Kier alpha value is -2.79. The Morgan fingerprint density at radius 1 is 1.30 bits per heavy atom. The number of benzene rings is 1. The zero-order valence-electron chi connectivity index (χ0n) is 17.3. The number of hydrogen-bond donors (Lipinski definition) is 1. The van der Waals surface area contributed by atoms with Crippen LogP contribution in [0.2, 0.25) is 0 Å². The number of likely N-dealkylation sites (N-methyl/N-ethyl adjacent to an activating group) is 1. The van der Waals surface area contributed by atoms with Crippen molar-refractivity contribution in [2.24, 2.45) is 0 Å². The van der Waals surface area contributed by atoms with Crippen molar-refractivity contribution in [3.05, 3.63) is 35.9 Å². The number of halogens is 1. The molecule has 1 aromatic heterocycles. The van der Waals surface area contributed by atoms with Crippen molar-refractivity contribution in [1.82, 2.24) is 30.1 Å². The van der Waals surface area contributed by atoms with Gasteiger partial charge in [0.1, 0.15) is 11.5 Å². The van der Waals surface area contributed by atoms with E-state index in [-0.39, 0.29) is 16.9 Å². The van der Waals surface area contributed by atoms with Gasteiger partial charge in [0.2, 0.25) is 5.91 Å². The Balaban J connectivity index is 1.62. The normalized spacial score (nSPS) is 14.2. The quantitative estimate of drug-likeness (QED) is 0.663. The Bertz CT molecular complexity index is 897. The van der Waals surface area contributed by atoms with Crippen LogP contribution < -0.4 is 10.2 Å². The number of amides is 1. The Kier molecular flexibility index (Phi) is 7.16. The largest absolute Gasteiger partial charge is 0.474 e. The van der Waals surface area contributed by atoms with E-state index in [4.69, 9.17) is 17.0 Å². The van der Waals surface area contributed by atoms with Gasteiger partial charge in [-0.3, -0.25) is 4.79 Å². The van der Waals surface area contributed by atoms with Gasteiger partial charge in [-0.2, -0.15) is 0 Å². The van der Waals surface area contributed by atoms with E-state index in [1.54, 1.807) is 18.3 Å². The summed E-state index contributed by atoms with van der Waals surface area (Å²) < 4.78 is 21.2. The summed E-state index contributed by atoms with van der Waals surface area (Å²) in [5.41, 5.74) is 1.74. The molecular formula is C19H26FN7O2S. The number of thiocarbonyl (C=S) groups is 1. The first-order valence-electron chi connectivity index (χ1n) is 9.58. The SMILES string of the molecule is COC(=S)NCc1cn(-c2ccc(N3CCN(C(=O)CN(C)C)CC3)c(F)c2)nn1. The van der Waals surface area contributed by atoms with Crippen molar-refractivity contribution >= 4 is 29.0 Å². The monoisotopic (exact) mass is 435 g/mol. The van der Waals surface area contributed by atoms with Crippen LogP contribution in [-0.2, 0) is 16.1 Å². The molecule has 2 aromatic rings. The topological polar surface area (TPSA) is 78.8 Å². The molecule has 1 N–H and O–H groups in total. The first-order valence-corrected chi connectivity index (χ1v) is 9.98. The first kappa shape index (κ1) is 21.9. The van der Waals surface area contributed by atoms with E-state index in [0.717, 1.165) is 0 Å². The van der Waals surface area contributed by atoms with Gasteiger partial charge in [-0.15, -0.1) is 5.10 Å². The second-order valence-electron chi connectivity index (χ2n) is 7.24. The highest BCUT2D eigenvalue weighted by molar-refractivity contribution is 7.80. The average Bonchev–Trinajstić information content (AvgIpc) is 3.20. The molecule has 2 heterocycles. The highest BCUT2D eigenvalue weighted by Gasteiger charge is 2.23. The number of piperazine rings is 1. The molecule has 30 heavy (non-hydrogen) atoms. The standard InChI is InChI=1S/C19H26FN7O2S/c1-24(2)13-18(28)26-8-6-25(7-9-26)17-5-4-15(10-16(17)20)27-12-14(22-23-27)11-21-19(30)29-3/h4-5,10,12H,6-9,11,13H2,1-3H3,(H,21,30). The number of anilines is 1. The zero-order chi connectivity index (χ0) is 21.7. The fourth-order valence-electron chi connectivity index (χ4n) is 3.20. The molecule has 1 saturated heterocycles. The van der Waals surface area contributed by atoms with Crippen molar-refractivity contribution < 1.29 is 13.9 Å². The number of nitrogens with one attached hydrogen (secondary N) is 1. The summed E-state index contributed by atoms with van der Waals surface area (Å²) >= 11 is 4.92. The van der Waals surface area contributed by atoms with Crippen molar-refractivity contribution in [1.29, 1.82) is 0 Å². The van der Waals surface area contributed by atoms with Gasteiger partial charge >= 0.3 is 0 Å². The minimum Gasteiger partial charge on any atom is -0.474 e. The lowest BCUT2D eigenvalue weighted by atomic mass is 10.2. The number of nitrogens with zero attached hydrogens (tertiary/aromatic N) is 6. The molecule has 1 aromatic carbocycles. The summed E-state index contributed by atoms with van der Waals surface area (Å²) in [5, 5.41) is 11.2. The average molecular weight is 436 g/mol. The molecule has 162 valence electrons. The number of aromatic nitrogens is 3. The van der Waals surface area contributed by atoms with Crippen molar-refractivity contribution in [3.8, 4) is 5.69 Å². The number of carbonyl (C=O) groups is 1. The van der Waals surface area contributed by atoms with E-state index in [1.807, 2.05) is 28.8 Å². The van der Waals surface area contributed by atoms with Crippen LogP contribution in [0.25, 0.3) is 5.69 Å². The van der Waals surface area contributed by atoms with Crippen LogP contribution >= 0.6 is 12.2 Å². The predicted molar refractivity (Wildman–Crippen MR) is 115 cm³/mol. The number of methoxy groups -OCH3 is 1. The van der Waals surface area contributed by atoms with Gasteiger partial charge in [-0.1, -0.05) is 5.21 Å². The third-order valence-electron chi connectivity index (χ3n) is 4.76. The molecule has 0 radical (unpaired) electrons. The fourth-order valence-corrected chi connectivity index (χ4v) is 3.27. The molecule has 0 spiro atoms. The Labute approximate surface area is 180 Å². The van der Waals surface area contributed by atoms with E-state index in [2.05, 4.69) is 15.6 Å². The zero-order valence-corrected chi connectivity index (χ0v) is 18.2. The third kappa shape index (κ3) is 5.42. The Morgan fingerprint density at radius 2 is 2.03 bits per heavy atom. The van der Waals surface area contributed by atoms with Crippen LogP contribution in [0.15, 0.2) is 24.4 Å². The highest BCUT2D eigenvalue weighted by atomic mass is 32.1. The molecule has 0 aliphatic carbocycles. The summed E-state index contributed by atoms with van der Waals surface area (Å²) in [6.45, 7) is 3.09. The van der Waals surface area contributed by atoms with Crippen molar-refractivity contribution in [2.45, 2.75) is 6.54 Å². The van der Waals surface area contributed by atoms with Gasteiger partial charge < -0.3 is 24.8 Å². The molecule has 1 amide bonds. The minimum absolute atomic E-state index is 0.0956. The molecule has 1 aliphatic rings. The molecular weight excluding hydrogens is 409 g/mol. The lowest BCUT2D eigenvalue weighted by Gasteiger charge is -2.36. The third-order valence-corrected chi connectivity index (χ3v) is 5.07. The highest BCUT2D eigenvalue weighted by Crippen LogP contribution is 2.23. The summed E-state index contributed by atoms with van der Waals surface area (Å²) in [6.07, 6.45) is 1.70. The van der Waals surface area contributed by atoms with Crippen LogP contribution in [0, 0.1) is 5.82 Å². The molecule has 1 aliphatic heterocycles. The van der Waals surface area contributed by atoms with Crippen molar-refractivity contribution in [2.75, 3.05) is 58.8 Å². The molecule has 0 bridgehead atoms. The van der Waals surface area contributed by atoms with E-state index in [9.17, 15) is 9.18 Å². The smallest absolute Gasteiger partial charge is 0.256 e. The number of rotatable bonds is 6.